The summed E-state index contributed by atoms with van der Waals surface area (Å²) in [6, 6.07) is 5.70. The van der Waals surface area contributed by atoms with Crippen molar-refractivity contribution in [2.75, 3.05) is 27.2 Å². The topological polar surface area (TPSA) is 81.4 Å². The van der Waals surface area contributed by atoms with E-state index in [1.165, 1.54) is 6.20 Å². The zero-order valence-electron chi connectivity index (χ0n) is 16.4. The molecule has 8 heteroatoms. The lowest BCUT2D eigenvalue weighted by Gasteiger charge is -2.30. The van der Waals surface area contributed by atoms with Crippen LogP contribution in [0.5, 0.6) is 5.75 Å². The van der Waals surface area contributed by atoms with Gasteiger partial charge in [-0.1, -0.05) is 0 Å². The second-order valence-electron chi connectivity index (χ2n) is 7.48. The third kappa shape index (κ3) is 3.24. The van der Waals surface area contributed by atoms with Crippen LogP contribution in [0.15, 0.2) is 29.2 Å². The van der Waals surface area contributed by atoms with Crippen LogP contribution < -0.4 is 15.6 Å². The predicted molar refractivity (Wildman–Crippen MR) is 108 cm³/mol. The number of pyridine rings is 1. The van der Waals surface area contributed by atoms with Crippen LogP contribution in [0.25, 0.3) is 21.8 Å². The molecule has 0 aliphatic carbocycles. The maximum Gasteiger partial charge on any atom is 0.261 e. The molecule has 0 saturated carbocycles. The molecule has 2 aromatic heterocycles. The first-order chi connectivity index (χ1) is 13.5. The van der Waals surface area contributed by atoms with Crippen molar-refractivity contribution in [3.05, 3.63) is 34.7 Å². The molecule has 1 atom stereocenters. The Hall–Kier alpha value is -2.87. The van der Waals surface area contributed by atoms with E-state index in [1.807, 2.05) is 18.2 Å². The maximum atomic E-state index is 12.7. The van der Waals surface area contributed by atoms with E-state index in [2.05, 4.69) is 22.4 Å². The van der Waals surface area contributed by atoms with Gasteiger partial charge in [0.05, 0.1) is 29.7 Å². The first kappa shape index (κ1) is 18.5. The van der Waals surface area contributed by atoms with Crippen LogP contribution in [-0.2, 0) is 18.4 Å². The van der Waals surface area contributed by atoms with Gasteiger partial charge in [-0.15, -0.1) is 0 Å². The Morgan fingerprint density at radius 1 is 1.32 bits per heavy atom. The standard InChI is InChI=1S/C20H25N5O3/c1-23-8-4-5-13(11-23)22-18(26)12-25-19-15-9-14(28-3)6-7-17(15)24(2)20(27)16(19)10-21-25/h6-7,9-10,13H,4-5,8,11-12H2,1-3H3,(H,22,26). The molecule has 4 rings (SSSR count). The van der Waals surface area contributed by atoms with Crippen molar-refractivity contribution in [2.45, 2.75) is 25.4 Å². The average Bonchev–Trinajstić information content (AvgIpc) is 3.09. The Morgan fingerprint density at radius 2 is 2.14 bits per heavy atom. The van der Waals surface area contributed by atoms with Crippen LogP contribution >= 0.6 is 0 Å². The molecule has 0 bridgehead atoms. The quantitative estimate of drug-likeness (QED) is 0.730. The lowest BCUT2D eigenvalue weighted by atomic mass is 10.1. The molecule has 3 heterocycles. The SMILES string of the molecule is COc1ccc2c(c1)c1c(cnn1CC(=O)NC1CCCN(C)C1)c(=O)n2C. The molecular formula is C20H25N5O3. The van der Waals surface area contributed by atoms with Crippen LogP contribution in [-0.4, -0.2) is 58.4 Å². The molecule has 1 fully saturated rings. The number of fused-ring (bicyclic) bond motifs is 3. The normalized spacial score (nSPS) is 17.9. The molecule has 3 aromatic rings. The van der Waals surface area contributed by atoms with Gasteiger partial charge < -0.3 is 19.5 Å². The van der Waals surface area contributed by atoms with E-state index in [1.54, 1.807) is 23.4 Å². The van der Waals surface area contributed by atoms with E-state index in [0.29, 0.717) is 16.7 Å². The van der Waals surface area contributed by atoms with Crippen LogP contribution in [0.4, 0.5) is 0 Å². The number of aryl methyl sites for hydroxylation is 1. The van der Waals surface area contributed by atoms with Gasteiger partial charge in [0, 0.05) is 25.0 Å². The number of likely N-dealkylation sites (N-methyl/N-ethyl adjacent to an activating group) is 1. The first-order valence-corrected chi connectivity index (χ1v) is 9.48. The first-order valence-electron chi connectivity index (χ1n) is 9.48. The van der Waals surface area contributed by atoms with Crippen LogP contribution in [0, 0.1) is 0 Å². The number of carbonyl (C=O) groups is 1. The summed E-state index contributed by atoms with van der Waals surface area (Å²) in [4.78, 5) is 27.6. The minimum atomic E-state index is -0.131. The van der Waals surface area contributed by atoms with E-state index in [4.69, 9.17) is 4.74 Å². The molecule has 28 heavy (non-hydrogen) atoms. The van der Waals surface area contributed by atoms with E-state index in [0.717, 1.165) is 36.8 Å². The molecule has 1 aromatic carbocycles. The molecule has 8 nitrogen and oxygen atoms in total. The van der Waals surface area contributed by atoms with Gasteiger partial charge in [0.15, 0.2) is 0 Å². The Labute approximate surface area is 162 Å². The van der Waals surface area contributed by atoms with Gasteiger partial charge >= 0.3 is 0 Å². The number of ether oxygens (including phenoxy) is 1. The third-order valence-electron chi connectivity index (χ3n) is 5.48. The number of amides is 1. The van der Waals surface area contributed by atoms with Gasteiger partial charge in [0.25, 0.3) is 5.56 Å². The number of hydrogen-bond donors (Lipinski definition) is 1. The summed E-state index contributed by atoms with van der Waals surface area (Å²) in [5, 5.41) is 8.77. The van der Waals surface area contributed by atoms with Crippen LogP contribution in [0.2, 0.25) is 0 Å². The molecule has 1 saturated heterocycles. The molecule has 148 valence electrons. The summed E-state index contributed by atoms with van der Waals surface area (Å²) >= 11 is 0. The summed E-state index contributed by atoms with van der Waals surface area (Å²) in [6.45, 7) is 1.99. The van der Waals surface area contributed by atoms with Crippen molar-refractivity contribution in [3.8, 4) is 5.75 Å². The number of benzene rings is 1. The highest BCUT2D eigenvalue weighted by atomic mass is 16.5. The molecule has 1 amide bonds. The fourth-order valence-electron chi connectivity index (χ4n) is 4.05. The van der Waals surface area contributed by atoms with Gasteiger partial charge in [-0.3, -0.25) is 14.3 Å². The summed E-state index contributed by atoms with van der Waals surface area (Å²) in [5.74, 6) is 0.594. The Kier molecular flexibility index (Phi) is 4.80. The predicted octanol–water partition coefficient (Wildman–Crippen LogP) is 1.11. The molecule has 1 aliphatic rings. The summed E-state index contributed by atoms with van der Waals surface area (Å²) < 4.78 is 8.56. The van der Waals surface area contributed by atoms with Gasteiger partial charge in [0.1, 0.15) is 12.3 Å². The summed E-state index contributed by atoms with van der Waals surface area (Å²) in [5.41, 5.74) is 1.30. The van der Waals surface area contributed by atoms with Crippen molar-refractivity contribution < 1.29 is 9.53 Å². The number of hydrogen-bond acceptors (Lipinski definition) is 5. The summed E-state index contributed by atoms with van der Waals surface area (Å²) in [6.07, 6.45) is 3.60. The average molecular weight is 383 g/mol. The smallest absolute Gasteiger partial charge is 0.261 e. The van der Waals surface area contributed by atoms with Crippen molar-refractivity contribution in [2.24, 2.45) is 7.05 Å². The van der Waals surface area contributed by atoms with Crippen molar-refractivity contribution in [1.82, 2.24) is 24.6 Å². The summed E-state index contributed by atoms with van der Waals surface area (Å²) in [7, 11) is 5.40. The van der Waals surface area contributed by atoms with Crippen molar-refractivity contribution in [1.29, 1.82) is 0 Å². The minimum absolute atomic E-state index is 0.0726. The van der Waals surface area contributed by atoms with E-state index < -0.39 is 0 Å². The third-order valence-corrected chi connectivity index (χ3v) is 5.48. The molecule has 1 N–H and O–H groups in total. The Bertz CT molecular complexity index is 1100. The van der Waals surface area contributed by atoms with Crippen molar-refractivity contribution in [3.63, 3.8) is 0 Å². The molecule has 0 radical (unpaired) electrons. The number of carbonyl (C=O) groups excluding carboxylic acids is 1. The second-order valence-corrected chi connectivity index (χ2v) is 7.48. The van der Waals surface area contributed by atoms with Gasteiger partial charge in [-0.25, -0.2) is 0 Å². The molecule has 1 aliphatic heterocycles. The number of aromatic nitrogens is 3. The van der Waals surface area contributed by atoms with Crippen molar-refractivity contribution >= 4 is 27.7 Å². The number of piperidine rings is 1. The van der Waals surface area contributed by atoms with Gasteiger partial charge in [-0.2, -0.15) is 5.10 Å². The number of rotatable bonds is 4. The highest BCUT2D eigenvalue weighted by Crippen LogP contribution is 2.26. The highest BCUT2D eigenvalue weighted by molar-refractivity contribution is 6.04. The van der Waals surface area contributed by atoms with Crippen LogP contribution in [0.1, 0.15) is 12.8 Å². The van der Waals surface area contributed by atoms with E-state index in [9.17, 15) is 9.59 Å². The fraction of sp³-hybridized carbons (Fsp3) is 0.450. The number of likely N-dealkylation sites (tertiary alicyclic amines) is 1. The molecule has 1 unspecified atom stereocenters. The van der Waals surface area contributed by atoms with Crippen LogP contribution in [0.3, 0.4) is 0 Å². The fourth-order valence-corrected chi connectivity index (χ4v) is 4.05. The highest BCUT2D eigenvalue weighted by Gasteiger charge is 2.21. The van der Waals surface area contributed by atoms with Gasteiger partial charge in [-0.05, 0) is 44.6 Å². The number of nitrogens with zero attached hydrogens (tertiary/aromatic N) is 4. The molecule has 0 spiro atoms. The molecular weight excluding hydrogens is 358 g/mol. The minimum Gasteiger partial charge on any atom is -0.497 e. The zero-order chi connectivity index (χ0) is 19.8. The zero-order valence-corrected chi connectivity index (χ0v) is 16.4. The lowest BCUT2D eigenvalue weighted by Crippen LogP contribution is -2.47. The van der Waals surface area contributed by atoms with E-state index in [-0.39, 0.29) is 24.1 Å². The maximum absolute atomic E-state index is 12.7. The second kappa shape index (κ2) is 7.27. The monoisotopic (exact) mass is 383 g/mol. The Morgan fingerprint density at radius 3 is 2.89 bits per heavy atom. The number of nitrogens with one attached hydrogen (secondary N) is 1. The van der Waals surface area contributed by atoms with Gasteiger partial charge in [0.2, 0.25) is 5.91 Å². The number of methoxy groups -OCH3 is 1. The van der Waals surface area contributed by atoms with E-state index >= 15 is 0 Å². The largest absolute Gasteiger partial charge is 0.497 e. The lowest BCUT2D eigenvalue weighted by molar-refractivity contribution is -0.122. The Balaban J connectivity index is 1.71.